The Morgan fingerprint density at radius 2 is 1.87 bits per heavy atom. The summed E-state index contributed by atoms with van der Waals surface area (Å²) in [5.74, 6) is -2.76. The monoisotopic (exact) mass is 224 g/mol. The van der Waals surface area contributed by atoms with Crippen molar-refractivity contribution in [2.75, 3.05) is 0 Å². The number of carbonyl (C=O) groups excluding carboxylic acids is 1. The van der Waals surface area contributed by atoms with E-state index in [1.807, 2.05) is 0 Å². The predicted octanol–water partition coefficient (Wildman–Crippen LogP) is -3.99. The van der Waals surface area contributed by atoms with Crippen molar-refractivity contribution in [2.24, 2.45) is 0 Å². The van der Waals surface area contributed by atoms with Gasteiger partial charge in [0.05, 0.1) is 5.97 Å². The molecule has 0 aromatic heterocycles. The first kappa shape index (κ1) is 14.0. The Morgan fingerprint density at radius 1 is 1.33 bits per heavy atom. The van der Waals surface area contributed by atoms with Crippen LogP contribution in [0.15, 0.2) is 23.1 Å². The largest absolute Gasteiger partial charge is 1.00 e. The third-order valence-corrected chi connectivity index (χ3v) is 2.38. The molecule has 15 heavy (non-hydrogen) atoms. The van der Waals surface area contributed by atoms with Crippen LogP contribution < -0.4 is 24.0 Å². The van der Waals surface area contributed by atoms with Crippen LogP contribution in [-0.4, -0.2) is 24.0 Å². The molecule has 1 aromatic rings. The summed E-state index contributed by atoms with van der Waals surface area (Å²) < 4.78 is 29.8. The van der Waals surface area contributed by atoms with Crippen LogP contribution in [0, 0.1) is 0 Å². The van der Waals surface area contributed by atoms with Crippen LogP contribution >= 0.6 is 0 Å². The summed E-state index contributed by atoms with van der Waals surface area (Å²) in [6.07, 6.45) is 0. The van der Waals surface area contributed by atoms with Crippen molar-refractivity contribution in [3.63, 3.8) is 0 Å². The summed E-state index contributed by atoms with van der Waals surface area (Å²) >= 11 is 0. The normalized spacial score (nSPS) is 10.5. The van der Waals surface area contributed by atoms with Crippen LogP contribution in [0.5, 0.6) is 5.75 Å². The summed E-state index contributed by atoms with van der Waals surface area (Å²) in [4.78, 5) is 9.49. The maximum atomic E-state index is 10.6. The quantitative estimate of drug-likeness (QED) is 0.391. The van der Waals surface area contributed by atoms with E-state index in [9.17, 15) is 18.3 Å². The fourth-order valence-corrected chi connectivity index (χ4v) is 1.50. The van der Waals surface area contributed by atoms with Crippen LogP contribution in [-0.2, 0) is 10.1 Å². The van der Waals surface area contributed by atoms with Crippen molar-refractivity contribution >= 4 is 16.1 Å². The molecule has 2 N–H and O–H groups in total. The number of carboxylic acid groups (broad SMARTS) is 1. The fourth-order valence-electron chi connectivity index (χ4n) is 0.895. The van der Waals surface area contributed by atoms with Crippen LogP contribution in [0.3, 0.4) is 0 Å². The van der Waals surface area contributed by atoms with E-state index in [-0.39, 0.29) is 18.9 Å². The van der Waals surface area contributed by atoms with Crippen LogP contribution in [0.25, 0.3) is 0 Å². The SMILES string of the molecule is O=C([O-])c1cccc(S(=O)(=O)O)c1O.[Li+]. The predicted molar refractivity (Wildman–Crippen MR) is 42.3 cm³/mol. The van der Waals surface area contributed by atoms with E-state index >= 15 is 0 Å². The summed E-state index contributed by atoms with van der Waals surface area (Å²) in [7, 11) is -4.63. The number of para-hydroxylation sites is 1. The number of rotatable bonds is 2. The molecular formula is C7H5LiO6S. The molecule has 8 heteroatoms. The van der Waals surface area contributed by atoms with Gasteiger partial charge in [-0.3, -0.25) is 4.55 Å². The van der Waals surface area contributed by atoms with Crippen molar-refractivity contribution in [3.05, 3.63) is 23.8 Å². The molecule has 6 nitrogen and oxygen atoms in total. The van der Waals surface area contributed by atoms with Crippen molar-refractivity contribution in [2.45, 2.75) is 4.90 Å². The summed E-state index contributed by atoms with van der Waals surface area (Å²) in [5, 5.41) is 19.5. The van der Waals surface area contributed by atoms with E-state index in [1.54, 1.807) is 0 Å². The van der Waals surface area contributed by atoms with E-state index in [1.165, 1.54) is 0 Å². The van der Waals surface area contributed by atoms with Gasteiger partial charge >= 0.3 is 18.9 Å². The Kier molecular flexibility index (Phi) is 4.37. The first-order valence-electron chi connectivity index (χ1n) is 3.35. The Morgan fingerprint density at radius 3 is 2.27 bits per heavy atom. The van der Waals surface area contributed by atoms with Crippen molar-refractivity contribution in [1.82, 2.24) is 0 Å². The maximum absolute atomic E-state index is 10.6. The number of hydrogen-bond acceptors (Lipinski definition) is 5. The number of carbonyl (C=O) groups is 1. The van der Waals surface area contributed by atoms with E-state index in [0.29, 0.717) is 0 Å². The van der Waals surface area contributed by atoms with Crippen molar-refractivity contribution in [1.29, 1.82) is 0 Å². The van der Waals surface area contributed by atoms with Gasteiger partial charge in [0, 0.05) is 5.56 Å². The first-order valence-corrected chi connectivity index (χ1v) is 4.79. The van der Waals surface area contributed by atoms with Gasteiger partial charge in [0.1, 0.15) is 10.6 Å². The van der Waals surface area contributed by atoms with Gasteiger partial charge in [0.2, 0.25) is 0 Å². The topological polar surface area (TPSA) is 115 Å². The standard InChI is InChI=1S/C7H6O6S.Li/c8-6-4(7(9)10)2-1-3-5(6)14(11,12)13;/h1-3,8H,(H,9,10)(H,11,12,13);/q;+1/p-1. The molecule has 0 aliphatic carbocycles. The zero-order valence-corrected chi connectivity index (χ0v) is 8.48. The number of aromatic carboxylic acids is 1. The van der Waals surface area contributed by atoms with Gasteiger partial charge < -0.3 is 15.0 Å². The second-order valence-corrected chi connectivity index (χ2v) is 3.80. The van der Waals surface area contributed by atoms with E-state index in [2.05, 4.69) is 0 Å². The van der Waals surface area contributed by atoms with E-state index in [0.717, 1.165) is 18.2 Å². The molecule has 0 heterocycles. The number of phenols is 1. The molecule has 0 bridgehead atoms. The molecule has 0 atom stereocenters. The molecule has 0 radical (unpaired) electrons. The average Bonchev–Trinajstić information content (AvgIpc) is 2.01. The summed E-state index contributed by atoms with van der Waals surface area (Å²) in [6, 6.07) is 2.89. The Balaban J connectivity index is 0.00000196. The van der Waals surface area contributed by atoms with Gasteiger partial charge in [-0.2, -0.15) is 8.42 Å². The third kappa shape index (κ3) is 2.97. The molecule has 0 aliphatic rings. The molecule has 0 aliphatic heterocycles. The van der Waals surface area contributed by atoms with Gasteiger partial charge in [-0.15, -0.1) is 0 Å². The smallest absolute Gasteiger partial charge is 0.545 e. The Hall–Kier alpha value is -1.00. The molecule has 0 spiro atoms. The minimum atomic E-state index is -4.63. The molecule has 0 saturated carbocycles. The summed E-state index contributed by atoms with van der Waals surface area (Å²) in [5.41, 5.74) is -0.694. The third-order valence-electron chi connectivity index (χ3n) is 1.50. The number of benzene rings is 1. The van der Waals surface area contributed by atoms with E-state index < -0.39 is 32.3 Å². The Bertz CT molecular complexity index is 480. The first-order chi connectivity index (χ1) is 6.34. The van der Waals surface area contributed by atoms with Crippen LogP contribution in [0.2, 0.25) is 0 Å². The number of carboxylic acids is 1. The van der Waals surface area contributed by atoms with Gasteiger partial charge in [0.15, 0.2) is 0 Å². The fraction of sp³-hybridized carbons (Fsp3) is 0. The Labute approximate surface area is 97.5 Å². The van der Waals surface area contributed by atoms with Gasteiger partial charge in [-0.25, -0.2) is 0 Å². The van der Waals surface area contributed by atoms with Gasteiger partial charge in [-0.1, -0.05) is 6.07 Å². The van der Waals surface area contributed by atoms with E-state index in [4.69, 9.17) is 9.66 Å². The molecular weight excluding hydrogens is 219 g/mol. The molecule has 1 aromatic carbocycles. The molecule has 1 rings (SSSR count). The van der Waals surface area contributed by atoms with Crippen molar-refractivity contribution < 1.29 is 46.8 Å². The molecule has 76 valence electrons. The van der Waals surface area contributed by atoms with Gasteiger partial charge in [0.25, 0.3) is 10.1 Å². The van der Waals surface area contributed by atoms with Crippen molar-refractivity contribution in [3.8, 4) is 5.75 Å². The second-order valence-electron chi connectivity index (χ2n) is 2.41. The van der Waals surface area contributed by atoms with Gasteiger partial charge in [-0.05, 0) is 12.1 Å². The molecule has 0 amide bonds. The molecule has 0 saturated heterocycles. The number of aromatic hydroxyl groups is 1. The zero-order valence-electron chi connectivity index (χ0n) is 7.67. The zero-order chi connectivity index (χ0) is 10.9. The minimum Gasteiger partial charge on any atom is -0.545 e. The summed E-state index contributed by atoms with van der Waals surface area (Å²) in [6.45, 7) is 0. The molecule has 0 fully saturated rings. The molecule has 0 unspecified atom stereocenters. The maximum Gasteiger partial charge on any atom is 1.00 e. The average molecular weight is 224 g/mol. The van der Waals surface area contributed by atoms with Crippen LogP contribution in [0.4, 0.5) is 0 Å². The second kappa shape index (κ2) is 4.68. The number of hydrogen-bond donors (Lipinski definition) is 2. The van der Waals surface area contributed by atoms with Crippen LogP contribution in [0.1, 0.15) is 10.4 Å². The minimum absolute atomic E-state index is 0.